The first-order valence-corrected chi connectivity index (χ1v) is 5.09. The van der Waals surface area contributed by atoms with E-state index in [1.165, 1.54) is 6.92 Å². The molecular formula is C12H12N2O3. The smallest absolute Gasteiger partial charge is 0.323 e. The number of benzene rings is 1. The molecule has 0 bridgehead atoms. The molecule has 0 aliphatic rings. The number of rotatable bonds is 5. The van der Waals surface area contributed by atoms with Gasteiger partial charge < -0.3 is 10.3 Å². The largest absolute Gasteiger partial charge is 0.427 e. The molecule has 0 unspecified atom stereocenters. The molecule has 5 nitrogen and oxygen atoms in total. The van der Waals surface area contributed by atoms with Crippen LogP contribution in [0, 0.1) is 0 Å². The SMILES string of the molecule is CC(=O)Oc1ccc(CCC(=O)C=[N+]=[N-])cc1. The first kappa shape index (κ1) is 12.8. The van der Waals surface area contributed by atoms with Gasteiger partial charge in [0.25, 0.3) is 0 Å². The van der Waals surface area contributed by atoms with Gasteiger partial charge in [0.2, 0.25) is 5.78 Å². The van der Waals surface area contributed by atoms with Crippen molar-refractivity contribution in [3.63, 3.8) is 0 Å². The Kier molecular flexibility index (Phi) is 4.78. The van der Waals surface area contributed by atoms with Gasteiger partial charge in [-0.15, -0.1) is 0 Å². The molecule has 0 radical (unpaired) electrons. The average molecular weight is 232 g/mol. The van der Waals surface area contributed by atoms with Crippen LogP contribution in [-0.4, -0.2) is 22.8 Å². The minimum atomic E-state index is -0.368. The number of carbonyl (C=O) groups is 2. The summed E-state index contributed by atoms with van der Waals surface area (Å²) in [5.41, 5.74) is 9.10. The maximum absolute atomic E-state index is 11.1. The van der Waals surface area contributed by atoms with Crippen LogP contribution < -0.4 is 4.74 Å². The lowest BCUT2D eigenvalue weighted by Gasteiger charge is -2.02. The molecule has 5 heteroatoms. The molecule has 1 aromatic rings. The highest BCUT2D eigenvalue weighted by Crippen LogP contribution is 2.13. The van der Waals surface area contributed by atoms with Gasteiger partial charge in [0.05, 0.1) is 0 Å². The van der Waals surface area contributed by atoms with Crippen LogP contribution in [0.15, 0.2) is 24.3 Å². The first-order valence-electron chi connectivity index (χ1n) is 5.09. The molecule has 0 saturated heterocycles. The highest BCUT2D eigenvalue weighted by Gasteiger charge is 2.04. The van der Waals surface area contributed by atoms with E-state index in [-0.39, 0.29) is 18.2 Å². The van der Waals surface area contributed by atoms with Crippen molar-refractivity contribution in [2.45, 2.75) is 19.8 Å². The molecule has 1 rings (SSSR count). The normalized spacial score (nSPS) is 9.24. The summed E-state index contributed by atoms with van der Waals surface area (Å²) in [6, 6.07) is 6.89. The molecule has 0 heterocycles. The zero-order valence-corrected chi connectivity index (χ0v) is 9.42. The Hall–Kier alpha value is -2.26. The van der Waals surface area contributed by atoms with Crippen LogP contribution in [0.2, 0.25) is 0 Å². The maximum Gasteiger partial charge on any atom is 0.323 e. The Morgan fingerprint density at radius 2 is 2.00 bits per heavy atom. The summed E-state index contributed by atoms with van der Waals surface area (Å²) in [5, 5.41) is 0. The van der Waals surface area contributed by atoms with Crippen molar-refractivity contribution in [2.24, 2.45) is 0 Å². The summed E-state index contributed by atoms with van der Waals surface area (Å²) in [6.07, 6.45) is 1.70. The van der Waals surface area contributed by atoms with Crippen molar-refractivity contribution in [3.8, 4) is 5.75 Å². The minimum Gasteiger partial charge on any atom is -0.427 e. The topological polar surface area (TPSA) is 79.8 Å². The lowest BCUT2D eigenvalue weighted by Crippen LogP contribution is -2.03. The molecule has 1 aromatic carbocycles. The van der Waals surface area contributed by atoms with Gasteiger partial charge in [0, 0.05) is 13.3 Å². The number of Topliss-reactive ketones (excluding diaryl/α,β-unsaturated/α-hetero) is 1. The summed E-state index contributed by atoms with van der Waals surface area (Å²) in [4.78, 5) is 24.4. The van der Waals surface area contributed by atoms with Crippen LogP contribution >= 0.6 is 0 Å². The molecule has 0 aliphatic heterocycles. The van der Waals surface area contributed by atoms with Crippen LogP contribution in [0.3, 0.4) is 0 Å². The van der Waals surface area contributed by atoms with Crippen molar-refractivity contribution in [3.05, 3.63) is 35.4 Å². The number of esters is 1. The second-order valence-corrected chi connectivity index (χ2v) is 3.45. The molecule has 0 N–H and O–H groups in total. The summed E-state index contributed by atoms with van der Waals surface area (Å²) in [7, 11) is 0. The zero-order chi connectivity index (χ0) is 12.7. The summed E-state index contributed by atoms with van der Waals surface area (Å²) in [5.74, 6) is -0.131. The van der Waals surface area contributed by atoms with Gasteiger partial charge in [-0.3, -0.25) is 9.59 Å². The predicted molar refractivity (Wildman–Crippen MR) is 60.8 cm³/mol. The molecule has 17 heavy (non-hydrogen) atoms. The van der Waals surface area contributed by atoms with Crippen LogP contribution in [-0.2, 0) is 16.0 Å². The maximum atomic E-state index is 11.1. The Bertz CT molecular complexity index is 459. The van der Waals surface area contributed by atoms with Gasteiger partial charge in [-0.1, -0.05) is 12.1 Å². The van der Waals surface area contributed by atoms with Crippen LogP contribution in [0.1, 0.15) is 18.9 Å². The lowest BCUT2D eigenvalue weighted by molar-refractivity contribution is -0.131. The van der Waals surface area contributed by atoms with Gasteiger partial charge in [-0.05, 0) is 24.1 Å². The average Bonchev–Trinajstić information content (AvgIpc) is 2.28. The van der Waals surface area contributed by atoms with Gasteiger partial charge in [0.1, 0.15) is 5.75 Å². The van der Waals surface area contributed by atoms with E-state index in [1.807, 2.05) is 0 Å². The zero-order valence-electron chi connectivity index (χ0n) is 9.42. The van der Waals surface area contributed by atoms with Crippen molar-refractivity contribution in [1.29, 1.82) is 0 Å². The molecule has 0 fully saturated rings. The second-order valence-electron chi connectivity index (χ2n) is 3.45. The van der Waals surface area contributed by atoms with E-state index in [2.05, 4.69) is 4.79 Å². The standard InChI is InChI=1S/C12H12N2O3/c1-9(15)17-12-6-3-10(4-7-12)2-5-11(16)8-14-13/h3-4,6-8H,2,5H2,1H3. The quantitative estimate of drug-likeness (QED) is 0.253. The van der Waals surface area contributed by atoms with Crippen LogP contribution in [0.4, 0.5) is 0 Å². The van der Waals surface area contributed by atoms with E-state index in [0.717, 1.165) is 11.8 Å². The van der Waals surface area contributed by atoms with E-state index < -0.39 is 0 Å². The van der Waals surface area contributed by atoms with Crippen molar-refractivity contribution in [1.82, 2.24) is 0 Å². The van der Waals surface area contributed by atoms with Gasteiger partial charge in [-0.25, -0.2) is 0 Å². The number of nitrogens with zero attached hydrogens (tertiary/aromatic N) is 2. The fraction of sp³-hybridized carbons (Fsp3) is 0.250. The third-order valence-electron chi connectivity index (χ3n) is 2.05. The molecule has 0 aromatic heterocycles. The first-order chi connectivity index (χ1) is 8.11. The number of hydrogen-bond acceptors (Lipinski definition) is 3. The fourth-order valence-electron chi connectivity index (χ4n) is 1.29. The lowest BCUT2D eigenvalue weighted by atomic mass is 10.1. The number of carbonyl (C=O) groups excluding carboxylic acids is 2. The van der Waals surface area contributed by atoms with Crippen molar-refractivity contribution < 1.29 is 19.1 Å². The molecular weight excluding hydrogens is 220 g/mol. The Morgan fingerprint density at radius 1 is 1.35 bits per heavy atom. The van der Waals surface area contributed by atoms with E-state index in [9.17, 15) is 9.59 Å². The number of hydrogen-bond donors (Lipinski definition) is 0. The minimum absolute atomic E-state index is 0.239. The molecule has 0 spiro atoms. The summed E-state index contributed by atoms with van der Waals surface area (Å²) >= 11 is 0. The number of aryl methyl sites for hydroxylation is 1. The molecule has 0 aliphatic carbocycles. The Labute approximate surface area is 98.6 Å². The summed E-state index contributed by atoms with van der Waals surface area (Å²) in [6.45, 7) is 1.33. The monoisotopic (exact) mass is 232 g/mol. The fourth-order valence-corrected chi connectivity index (χ4v) is 1.29. The van der Waals surface area contributed by atoms with Crippen molar-refractivity contribution >= 4 is 18.0 Å². The highest BCUT2D eigenvalue weighted by atomic mass is 16.5. The van der Waals surface area contributed by atoms with Crippen LogP contribution in [0.5, 0.6) is 5.75 Å². The predicted octanol–water partition coefficient (Wildman–Crippen LogP) is 1.41. The molecule has 88 valence electrons. The van der Waals surface area contributed by atoms with E-state index in [1.54, 1.807) is 24.3 Å². The third-order valence-corrected chi connectivity index (χ3v) is 2.05. The molecule has 0 saturated carbocycles. The number of ketones is 1. The third kappa shape index (κ3) is 4.86. The van der Waals surface area contributed by atoms with Crippen LogP contribution in [0.25, 0.3) is 5.53 Å². The highest BCUT2D eigenvalue weighted by molar-refractivity contribution is 6.25. The van der Waals surface area contributed by atoms with Gasteiger partial charge >= 0.3 is 12.2 Å². The van der Waals surface area contributed by atoms with Gasteiger partial charge in [-0.2, -0.15) is 4.79 Å². The Morgan fingerprint density at radius 3 is 2.53 bits per heavy atom. The van der Waals surface area contributed by atoms with E-state index in [4.69, 9.17) is 10.3 Å². The summed E-state index contributed by atoms with van der Waals surface area (Å²) < 4.78 is 4.87. The van der Waals surface area contributed by atoms with Gasteiger partial charge in [0.15, 0.2) is 0 Å². The number of ether oxygens (including phenoxy) is 1. The Balaban J connectivity index is 2.53. The molecule has 0 amide bonds. The molecule has 0 atom stereocenters. The second kappa shape index (κ2) is 6.35. The van der Waals surface area contributed by atoms with E-state index in [0.29, 0.717) is 12.2 Å². The van der Waals surface area contributed by atoms with E-state index >= 15 is 0 Å². The van der Waals surface area contributed by atoms with Crippen molar-refractivity contribution in [2.75, 3.05) is 0 Å².